The standard InChI is InChI=1S/C13H22N6S/c1-9-10(7-15-13(2,3)4)11(18(5)17-9)20-12-14-8-16-19(12)6/h8,15H,7H2,1-6H3. The van der Waals surface area contributed by atoms with E-state index < -0.39 is 0 Å². The van der Waals surface area contributed by atoms with Gasteiger partial charge in [-0.25, -0.2) is 9.67 Å². The van der Waals surface area contributed by atoms with E-state index >= 15 is 0 Å². The van der Waals surface area contributed by atoms with Crippen LogP contribution < -0.4 is 5.32 Å². The Morgan fingerprint density at radius 1 is 1.25 bits per heavy atom. The van der Waals surface area contributed by atoms with E-state index in [-0.39, 0.29) is 5.54 Å². The van der Waals surface area contributed by atoms with Gasteiger partial charge >= 0.3 is 0 Å². The molecule has 0 aromatic carbocycles. The molecule has 0 amide bonds. The predicted octanol–water partition coefficient (Wildman–Crippen LogP) is 1.90. The Labute approximate surface area is 124 Å². The summed E-state index contributed by atoms with van der Waals surface area (Å²) in [5, 5.41) is 14.1. The highest BCUT2D eigenvalue weighted by Gasteiger charge is 2.18. The molecule has 0 bridgehead atoms. The number of hydrogen-bond acceptors (Lipinski definition) is 5. The summed E-state index contributed by atoms with van der Waals surface area (Å²) >= 11 is 1.60. The van der Waals surface area contributed by atoms with Gasteiger partial charge in [0.1, 0.15) is 11.4 Å². The van der Waals surface area contributed by atoms with Gasteiger partial charge in [0.05, 0.1) is 5.69 Å². The SMILES string of the molecule is Cc1nn(C)c(Sc2ncnn2C)c1CNC(C)(C)C. The summed E-state index contributed by atoms with van der Waals surface area (Å²) in [6, 6.07) is 0. The van der Waals surface area contributed by atoms with Gasteiger partial charge in [-0.2, -0.15) is 10.2 Å². The van der Waals surface area contributed by atoms with Crippen LogP contribution in [0, 0.1) is 6.92 Å². The average Bonchev–Trinajstić information content (AvgIpc) is 2.82. The minimum Gasteiger partial charge on any atom is -0.308 e. The number of nitrogens with one attached hydrogen (secondary N) is 1. The van der Waals surface area contributed by atoms with Gasteiger partial charge in [-0.15, -0.1) is 0 Å². The molecule has 2 heterocycles. The Kier molecular flexibility index (Phi) is 4.19. The largest absolute Gasteiger partial charge is 0.308 e. The molecular weight excluding hydrogens is 272 g/mol. The smallest absolute Gasteiger partial charge is 0.192 e. The third-order valence-corrected chi connectivity index (χ3v) is 4.20. The van der Waals surface area contributed by atoms with Crippen molar-refractivity contribution in [1.82, 2.24) is 29.9 Å². The van der Waals surface area contributed by atoms with Crippen molar-refractivity contribution < 1.29 is 0 Å². The molecule has 0 saturated heterocycles. The molecule has 0 spiro atoms. The molecule has 2 rings (SSSR count). The van der Waals surface area contributed by atoms with Crippen LogP contribution in [-0.4, -0.2) is 30.1 Å². The zero-order valence-corrected chi connectivity index (χ0v) is 13.7. The summed E-state index contributed by atoms with van der Waals surface area (Å²) < 4.78 is 3.68. The topological polar surface area (TPSA) is 60.6 Å². The van der Waals surface area contributed by atoms with Crippen LogP contribution in [0.15, 0.2) is 16.5 Å². The second-order valence-electron chi connectivity index (χ2n) is 5.86. The summed E-state index contributed by atoms with van der Waals surface area (Å²) in [6.45, 7) is 9.32. The Bertz CT molecular complexity index is 593. The van der Waals surface area contributed by atoms with Crippen molar-refractivity contribution in [2.45, 2.75) is 50.0 Å². The normalized spacial score (nSPS) is 12.1. The second kappa shape index (κ2) is 5.57. The zero-order valence-electron chi connectivity index (χ0n) is 12.9. The van der Waals surface area contributed by atoms with Crippen molar-refractivity contribution in [3.8, 4) is 0 Å². The number of nitrogens with zero attached hydrogens (tertiary/aromatic N) is 5. The Hall–Kier alpha value is -1.34. The Morgan fingerprint density at radius 2 is 1.95 bits per heavy atom. The molecule has 0 fully saturated rings. The van der Waals surface area contributed by atoms with Gasteiger partial charge in [-0.3, -0.25) is 4.68 Å². The molecule has 1 N–H and O–H groups in total. The molecule has 0 saturated carbocycles. The van der Waals surface area contributed by atoms with Crippen molar-refractivity contribution in [3.05, 3.63) is 17.6 Å². The first-order valence-electron chi connectivity index (χ1n) is 6.57. The maximum atomic E-state index is 4.52. The lowest BCUT2D eigenvalue weighted by atomic mass is 10.1. The first-order chi connectivity index (χ1) is 9.28. The average molecular weight is 294 g/mol. The van der Waals surface area contributed by atoms with Crippen molar-refractivity contribution in [2.24, 2.45) is 14.1 Å². The predicted molar refractivity (Wildman–Crippen MR) is 79.7 cm³/mol. The van der Waals surface area contributed by atoms with Crippen LogP contribution in [-0.2, 0) is 20.6 Å². The minimum absolute atomic E-state index is 0.0784. The first kappa shape index (κ1) is 15.1. The molecule has 7 heteroatoms. The van der Waals surface area contributed by atoms with Gasteiger partial charge < -0.3 is 5.32 Å². The summed E-state index contributed by atoms with van der Waals surface area (Å²) in [5.74, 6) is 0. The van der Waals surface area contributed by atoms with Crippen LogP contribution in [0.2, 0.25) is 0 Å². The fraction of sp³-hybridized carbons (Fsp3) is 0.615. The van der Waals surface area contributed by atoms with E-state index in [0.717, 1.165) is 22.4 Å². The van der Waals surface area contributed by atoms with Gasteiger partial charge in [-0.05, 0) is 39.5 Å². The number of rotatable bonds is 4. The van der Waals surface area contributed by atoms with Crippen LogP contribution in [0.1, 0.15) is 32.0 Å². The molecular formula is C13H22N6S. The lowest BCUT2D eigenvalue weighted by molar-refractivity contribution is 0.421. The molecule has 6 nitrogen and oxygen atoms in total. The van der Waals surface area contributed by atoms with Gasteiger partial charge in [0, 0.05) is 31.7 Å². The lowest BCUT2D eigenvalue weighted by Gasteiger charge is -2.20. The molecule has 0 unspecified atom stereocenters. The number of aryl methyl sites for hydroxylation is 3. The molecule has 0 aliphatic rings. The van der Waals surface area contributed by atoms with Crippen LogP contribution in [0.4, 0.5) is 0 Å². The molecule has 0 radical (unpaired) electrons. The first-order valence-corrected chi connectivity index (χ1v) is 7.39. The van der Waals surface area contributed by atoms with Crippen LogP contribution >= 0.6 is 11.8 Å². The van der Waals surface area contributed by atoms with Crippen molar-refractivity contribution >= 4 is 11.8 Å². The van der Waals surface area contributed by atoms with E-state index in [4.69, 9.17) is 0 Å². The van der Waals surface area contributed by atoms with Crippen molar-refractivity contribution in [2.75, 3.05) is 0 Å². The van der Waals surface area contributed by atoms with Crippen molar-refractivity contribution in [3.63, 3.8) is 0 Å². The van der Waals surface area contributed by atoms with E-state index in [1.807, 2.05) is 25.7 Å². The molecule has 0 aliphatic heterocycles. The number of hydrogen-bond donors (Lipinski definition) is 1. The molecule has 2 aromatic rings. The van der Waals surface area contributed by atoms with E-state index in [0.29, 0.717) is 0 Å². The Balaban J connectivity index is 2.26. The summed E-state index contributed by atoms with van der Waals surface area (Å²) in [7, 11) is 3.86. The van der Waals surface area contributed by atoms with Crippen LogP contribution in [0.25, 0.3) is 0 Å². The monoisotopic (exact) mass is 294 g/mol. The van der Waals surface area contributed by atoms with E-state index in [1.54, 1.807) is 22.8 Å². The molecule has 20 heavy (non-hydrogen) atoms. The molecule has 0 aliphatic carbocycles. The van der Waals surface area contributed by atoms with Crippen molar-refractivity contribution in [1.29, 1.82) is 0 Å². The van der Waals surface area contributed by atoms with Gasteiger partial charge in [0.25, 0.3) is 0 Å². The van der Waals surface area contributed by atoms with Crippen LogP contribution in [0.5, 0.6) is 0 Å². The van der Waals surface area contributed by atoms with Gasteiger partial charge in [0.2, 0.25) is 0 Å². The fourth-order valence-corrected chi connectivity index (χ4v) is 2.80. The maximum Gasteiger partial charge on any atom is 0.192 e. The van der Waals surface area contributed by atoms with Gasteiger partial charge in [-0.1, -0.05) is 0 Å². The summed E-state index contributed by atoms with van der Waals surface area (Å²) in [4.78, 5) is 4.26. The zero-order chi connectivity index (χ0) is 14.9. The quantitative estimate of drug-likeness (QED) is 0.933. The van der Waals surface area contributed by atoms with E-state index in [2.05, 4.69) is 41.3 Å². The van der Waals surface area contributed by atoms with E-state index in [9.17, 15) is 0 Å². The third-order valence-electron chi connectivity index (χ3n) is 2.94. The minimum atomic E-state index is 0.0784. The number of aromatic nitrogens is 5. The highest BCUT2D eigenvalue weighted by atomic mass is 32.2. The molecule has 110 valence electrons. The summed E-state index contributed by atoms with van der Waals surface area (Å²) in [6.07, 6.45) is 1.57. The maximum absolute atomic E-state index is 4.52. The lowest BCUT2D eigenvalue weighted by Crippen LogP contribution is -2.35. The van der Waals surface area contributed by atoms with E-state index in [1.165, 1.54) is 5.56 Å². The summed E-state index contributed by atoms with van der Waals surface area (Å²) in [5.41, 5.74) is 2.35. The fourth-order valence-electron chi connectivity index (χ4n) is 1.83. The second-order valence-corrected chi connectivity index (χ2v) is 6.82. The Morgan fingerprint density at radius 3 is 2.50 bits per heavy atom. The molecule has 0 atom stereocenters. The third kappa shape index (κ3) is 3.40. The molecule has 2 aromatic heterocycles. The van der Waals surface area contributed by atoms with Crippen LogP contribution in [0.3, 0.4) is 0 Å². The van der Waals surface area contributed by atoms with Gasteiger partial charge in [0.15, 0.2) is 5.16 Å². The highest BCUT2D eigenvalue weighted by Crippen LogP contribution is 2.30. The highest BCUT2D eigenvalue weighted by molar-refractivity contribution is 7.99.